The molecule has 0 fully saturated rings. The van der Waals surface area contributed by atoms with Crippen LogP contribution in [0.25, 0.3) is 0 Å². The first-order chi connectivity index (χ1) is 7.38. The molecule has 16 heavy (non-hydrogen) atoms. The lowest BCUT2D eigenvalue weighted by Gasteiger charge is -2.23. The largest absolute Gasteiger partial charge is 0.300 e. The molecular formula is C13H20N2O. The molecule has 0 aliphatic heterocycles. The minimum Gasteiger partial charge on any atom is -0.300 e. The predicted molar refractivity (Wildman–Crippen MR) is 66.6 cm³/mol. The van der Waals surface area contributed by atoms with E-state index in [0.29, 0.717) is 5.82 Å². The highest BCUT2D eigenvalue weighted by Gasteiger charge is 2.18. The second-order valence-electron chi connectivity index (χ2n) is 4.72. The van der Waals surface area contributed by atoms with Gasteiger partial charge in [0.1, 0.15) is 5.82 Å². The van der Waals surface area contributed by atoms with Crippen molar-refractivity contribution in [2.45, 2.75) is 39.5 Å². The SMILES string of the molecule is CCC(C)(C)c1ccc(N(C)C(C)=O)nc1. The molecule has 1 amide bonds. The number of aromatic nitrogens is 1. The van der Waals surface area contributed by atoms with Gasteiger partial charge in [-0.05, 0) is 23.5 Å². The van der Waals surface area contributed by atoms with Gasteiger partial charge >= 0.3 is 0 Å². The number of carbonyl (C=O) groups is 1. The Bertz CT molecular complexity index is 368. The van der Waals surface area contributed by atoms with Crippen LogP contribution < -0.4 is 4.90 Å². The molecule has 0 N–H and O–H groups in total. The number of rotatable bonds is 3. The zero-order chi connectivity index (χ0) is 12.3. The van der Waals surface area contributed by atoms with E-state index < -0.39 is 0 Å². The molecule has 0 aliphatic carbocycles. The van der Waals surface area contributed by atoms with E-state index in [2.05, 4.69) is 25.8 Å². The normalized spacial score (nSPS) is 11.3. The van der Waals surface area contributed by atoms with E-state index in [-0.39, 0.29) is 11.3 Å². The van der Waals surface area contributed by atoms with E-state index in [1.54, 1.807) is 11.9 Å². The van der Waals surface area contributed by atoms with Gasteiger partial charge in [-0.1, -0.05) is 26.8 Å². The zero-order valence-corrected chi connectivity index (χ0v) is 10.7. The summed E-state index contributed by atoms with van der Waals surface area (Å²) in [6, 6.07) is 3.94. The first kappa shape index (κ1) is 12.7. The fraction of sp³-hybridized carbons (Fsp3) is 0.538. The van der Waals surface area contributed by atoms with Gasteiger partial charge in [-0.3, -0.25) is 4.79 Å². The van der Waals surface area contributed by atoms with Crippen molar-refractivity contribution < 1.29 is 4.79 Å². The third-order valence-corrected chi connectivity index (χ3v) is 3.23. The Morgan fingerprint density at radius 2 is 2.06 bits per heavy atom. The maximum Gasteiger partial charge on any atom is 0.224 e. The van der Waals surface area contributed by atoms with E-state index in [9.17, 15) is 4.79 Å². The molecule has 0 spiro atoms. The Hall–Kier alpha value is -1.38. The Morgan fingerprint density at radius 1 is 1.44 bits per heavy atom. The van der Waals surface area contributed by atoms with Crippen molar-refractivity contribution in [1.29, 1.82) is 0 Å². The Kier molecular flexibility index (Phi) is 3.68. The minimum atomic E-state index is -0.00463. The summed E-state index contributed by atoms with van der Waals surface area (Å²) in [5, 5.41) is 0. The molecule has 88 valence electrons. The molecule has 1 heterocycles. The van der Waals surface area contributed by atoms with Crippen LogP contribution in [0.2, 0.25) is 0 Å². The summed E-state index contributed by atoms with van der Waals surface area (Å²) in [4.78, 5) is 17.0. The van der Waals surface area contributed by atoms with E-state index in [0.717, 1.165) is 6.42 Å². The van der Waals surface area contributed by atoms with Crippen LogP contribution in [0, 0.1) is 0 Å². The highest BCUT2D eigenvalue weighted by molar-refractivity contribution is 5.89. The van der Waals surface area contributed by atoms with Crippen molar-refractivity contribution in [2.24, 2.45) is 0 Å². The Balaban J connectivity index is 2.96. The highest BCUT2D eigenvalue weighted by Crippen LogP contribution is 2.26. The highest BCUT2D eigenvalue weighted by atomic mass is 16.2. The molecule has 1 aromatic heterocycles. The Labute approximate surface area is 97.5 Å². The third-order valence-electron chi connectivity index (χ3n) is 3.23. The van der Waals surface area contributed by atoms with Gasteiger partial charge < -0.3 is 4.90 Å². The van der Waals surface area contributed by atoms with Crippen LogP contribution in [0.5, 0.6) is 0 Å². The third kappa shape index (κ3) is 2.60. The van der Waals surface area contributed by atoms with Crippen molar-refractivity contribution in [3.05, 3.63) is 23.9 Å². The fourth-order valence-electron chi connectivity index (χ4n) is 1.35. The molecule has 0 saturated heterocycles. The van der Waals surface area contributed by atoms with E-state index >= 15 is 0 Å². The van der Waals surface area contributed by atoms with Gasteiger partial charge in [0.25, 0.3) is 0 Å². The first-order valence-corrected chi connectivity index (χ1v) is 5.59. The topological polar surface area (TPSA) is 33.2 Å². The molecule has 0 aliphatic rings. The zero-order valence-electron chi connectivity index (χ0n) is 10.7. The molecule has 0 radical (unpaired) electrons. The predicted octanol–water partition coefficient (Wildman–Crippen LogP) is 2.75. The second-order valence-corrected chi connectivity index (χ2v) is 4.72. The number of carbonyl (C=O) groups excluding carboxylic acids is 1. The smallest absolute Gasteiger partial charge is 0.224 e. The van der Waals surface area contributed by atoms with Gasteiger partial charge in [-0.15, -0.1) is 0 Å². The number of pyridine rings is 1. The van der Waals surface area contributed by atoms with Gasteiger partial charge in [0, 0.05) is 20.2 Å². The molecule has 1 rings (SSSR count). The molecule has 0 unspecified atom stereocenters. The van der Waals surface area contributed by atoms with Crippen LogP contribution in [0.3, 0.4) is 0 Å². The molecule has 3 nitrogen and oxygen atoms in total. The summed E-state index contributed by atoms with van der Waals surface area (Å²) in [7, 11) is 1.73. The first-order valence-electron chi connectivity index (χ1n) is 5.59. The van der Waals surface area contributed by atoms with Gasteiger partial charge in [0.15, 0.2) is 0 Å². The van der Waals surface area contributed by atoms with Crippen LogP contribution in [-0.2, 0) is 10.2 Å². The summed E-state index contributed by atoms with van der Waals surface area (Å²) in [5.74, 6) is 0.693. The molecule has 0 atom stereocenters. The van der Waals surface area contributed by atoms with Crippen LogP contribution in [0.1, 0.15) is 39.7 Å². The summed E-state index contributed by atoms with van der Waals surface area (Å²) in [6.45, 7) is 8.08. The summed E-state index contributed by atoms with van der Waals surface area (Å²) >= 11 is 0. The average Bonchev–Trinajstić information content (AvgIpc) is 2.28. The Morgan fingerprint density at radius 3 is 2.44 bits per heavy atom. The van der Waals surface area contributed by atoms with Crippen LogP contribution in [0.4, 0.5) is 5.82 Å². The van der Waals surface area contributed by atoms with Crippen LogP contribution in [-0.4, -0.2) is 17.9 Å². The maximum absolute atomic E-state index is 11.2. The quantitative estimate of drug-likeness (QED) is 0.784. The molecule has 0 bridgehead atoms. The molecule has 3 heteroatoms. The monoisotopic (exact) mass is 220 g/mol. The van der Waals surface area contributed by atoms with Crippen molar-refractivity contribution >= 4 is 11.7 Å². The van der Waals surface area contributed by atoms with Gasteiger partial charge in [0.2, 0.25) is 5.91 Å². The molecule has 1 aromatic rings. The van der Waals surface area contributed by atoms with Crippen LogP contribution in [0.15, 0.2) is 18.3 Å². The number of amides is 1. The number of nitrogens with zero attached hydrogens (tertiary/aromatic N) is 2. The van der Waals surface area contributed by atoms with E-state index in [1.165, 1.54) is 12.5 Å². The lowest BCUT2D eigenvalue weighted by molar-refractivity contribution is -0.116. The minimum absolute atomic E-state index is 0.00463. The lowest BCUT2D eigenvalue weighted by Crippen LogP contribution is -2.24. The van der Waals surface area contributed by atoms with E-state index in [1.807, 2.05) is 18.3 Å². The number of hydrogen-bond donors (Lipinski definition) is 0. The van der Waals surface area contributed by atoms with E-state index in [4.69, 9.17) is 0 Å². The summed E-state index contributed by atoms with van der Waals surface area (Å²) in [5.41, 5.74) is 1.34. The maximum atomic E-state index is 11.2. The fourth-order valence-corrected chi connectivity index (χ4v) is 1.35. The standard InChI is InChI=1S/C13H20N2O/c1-6-13(3,4)11-7-8-12(14-9-11)15(5)10(2)16/h7-9H,6H2,1-5H3. The second kappa shape index (κ2) is 4.64. The molecular weight excluding hydrogens is 200 g/mol. The van der Waals surface area contributed by atoms with Crippen molar-refractivity contribution in [3.63, 3.8) is 0 Å². The summed E-state index contributed by atoms with van der Waals surface area (Å²) in [6.07, 6.45) is 2.93. The van der Waals surface area contributed by atoms with Crippen molar-refractivity contribution in [1.82, 2.24) is 4.98 Å². The summed E-state index contributed by atoms with van der Waals surface area (Å²) < 4.78 is 0. The van der Waals surface area contributed by atoms with Crippen LogP contribution >= 0.6 is 0 Å². The van der Waals surface area contributed by atoms with Crippen molar-refractivity contribution in [2.75, 3.05) is 11.9 Å². The average molecular weight is 220 g/mol. The molecule has 0 aromatic carbocycles. The number of anilines is 1. The van der Waals surface area contributed by atoms with Crippen molar-refractivity contribution in [3.8, 4) is 0 Å². The van der Waals surface area contributed by atoms with Gasteiger partial charge in [-0.2, -0.15) is 0 Å². The van der Waals surface area contributed by atoms with Gasteiger partial charge in [-0.25, -0.2) is 4.98 Å². The number of hydrogen-bond acceptors (Lipinski definition) is 2. The lowest BCUT2D eigenvalue weighted by atomic mass is 9.83. The van der Waals surface area contributed by atoms with Gasteiger partial charge in [0.05, 0.1) is 0 Å². The molecule has 0 saturated carbocycles.